The number of hydrogen-bond acceptors (Lipinski definition) is 2. The average molecular weight is 192 g/mol. The maximum Gasteiger partial charge on any atom is 0.344 e. The zero-order valence-electron chi connectivity index (χ0n) is 5.60. The maximum absolute atomic E-state index is 12.8. The molecule has 1 aromatic heterocycles. The van der Waals surface area contributed by atoms with Gasteiger partial charge in [-0.15, -0.1) is 0 Å². The van der Waals surface area contributed by atoms with Gasteiger partial charge in [-0.3, -0.25) is 4.79 Å². The molecule has 0 unspecified atom stereocenters. The van der Waals surface area contributed by atoms with Crippen molar-refractivity contribution in [2.75, 3.05) is 0 Å². The predicted molar refractivity (Wildman–Crippen MR) is 39.0 cm³/mol. The summed E-state index contributed by atoms with van der Waals surface area (Å²) in [6, 6.07) is 0. The molecule has 12 heavy (non-hydrogen) atoms. The quantitative estimate of drug-likeness (QED) is 0.692. The Bertz CT molecular complexity index is 387. The van der Waals surface area contributed by atoms with E-state index in [1.54, 1.807) is 0 Å². The van der Waals surface area contributed by atoms with Gasteiger partial charge in [-0.25, -0.2) is 9.18 Å². The minimum absolute atomic E-state index is 0.424. The molecule has 0 amide bonds. The van der Waals surface area contributed by atoms with Crippen LogP contribution in [0.5, 0.6) is 0 Å². The van der Waals surface area contributed by atoms with Crippen LogP contribution in [-0.2, 0) is 0 Å². The van der Waals surface area contributed by atoms with Crippen molar-refractivity contribution in [3.05, 3.63) is 33.0 Å². The summed E-state index contributed by atoms with van der Waals surface area (Å²) in [5, 5.41) is 7.93. The zero-order valence-corrected chi connectivity index (χ0v) is 6.35. The molecule has 0 radical (unpaired) electrons. The number of halogens is 2. The van der Waals surface area contributed by atoms with E-state index < -0.39 is 27.9 Å². The molecule has 0 saturated heterocycles. The molecule has 1 rings (SSSR count). The summed E-state index contributed by atoms with van der Waals surface area (Å²) in [5.74, 6) is -2.86. The Hall–Kier alpha value is -1.36. The van der Waals surface area contributed by atoms with Crippen LogP contribution in [0.2, 0.25) is 5.02 Å². The van der Waals surface area contributed by atoms with Crippen LogP contribution < -0.4 is 5.56 Å². The normalized spacial score (nSPS) is 9.83. The third kappa shape index (κ3) is 1.31. The summed E-state index contributed by atoms with van der Waals surface area (Å²) < 4.78 is 12.8. The van der Waals surface area contributed by atoms with Gasteiger partial charge in [0.2, 0.25) is 0 Å². The van der Waals surface area contributed by atoms with E-state index in [0.717, 1.165) is 6.20 Å². The van der Waals surface area contributed by atoms with Crippen molar-refractivity contribution in [3.63, 3.8) is 0 Å². The molecule has 6 heteroatoms. The lowest BCUT2D eigenvalue weighted by atomic mass is 10.3. The highest BCUT2D eigenvalue weighted by atomic mass is 35.5. The van der Waals surface area contributed by atoms with Crippen molar-refractivity contribution in [1.82, 2.24) is 4.98 Å². The van der Waals surface area contributed by atoms with Gasteiger partial charge in [-0.2, -0.15) is 0 Å². The highest BCUT2D eigenvalue weighted by Gasteiger charge is 2.17. The van der Waals surface area contributed by atoms with Gasteiger partial charge in [0, 0.05) is 6.20 Å². The van der Waals surface area contributed by atoms with Crippen molar-refractivity contribution in [2.45, 2.75) is 0 Å². The molecule has 0 aliphatic rings. The van der Waals surface area contributed by atoms with E-state index in [1.807, 2.05) is 4.98 Å². The van der Waals surface area contributed by atoms with E-state index in [2.05, 4.69) is 0 Å². The summed E-state index contributed by atoms with van der Waals surface area (Å²) in [7, 11) is 0. The van der Waals surface area contributed by atoms with Crippen molar-refractivity contribution < 1.29 is 14.3 Å². The number of pyridine rings is 1. The van der Waals surface area contributed by atoms with Gasteiger partial charge >= 0.3 is 5.97 Å². The Morgan fingerprint density at radius 1 is 1.67 bits per heavy atom. The van der Waals surface area contributed by atoms with Gasteiger partial charge in [0.15, 0.2) is 11.4 Å². The first-order valence-corrected chi connectivity index (χ1v) is 3.22. The molecular weight excluding hydrogens is 189 g/mol. The molecule has 0 fully saturated rings. The lowest BCUT2D eigenvalue weighted by Gasteiger charge is -1.96. The second kappa shape index (κ2) is 2.94. The Labute approximate surface area is 70.6 Å². The number of hydrogen-bond donors (Lipinski definition) is 2. The van der Waals surface area contributed by atoms with Crippen molar-refractivity contribution in [2.24, 2.45) is 0 Å². The maximum atomic E-state index is 12.8. The highest BCUT2D eigenvalue weighted by molar-refractivity contribution is 6.30. The molecule has 0 aliphatic heterocycles. The largest absolute Gasteiger partial charge is 0.477 e. The van der Waals surface area contributed by atoms with Gasteiger partial charge in [0.1, 0.15) is 0 Å². The molecule has 0 aliphatic carbocycles. The number of carboxylic acid groups (broad SMARTS) is 1. The smallest absolute Gasteiger partial charge is 0.344 e. The number of rotatable bonds is 1. The summed E-state index contributed by atoms with van der Waals surface area (Å²) in [4.78, 5) is 23.0. The molecular formula is C6H3ClFNO3. The number of nitrogens with one attached hydrogen (secondary N) is 1. The lowest BCUT2D eigenvalue weighted by molar-refractivity contribution is 0.0689. The molecule has 64 valence electrons. The topological polar surface area (TPSA) is 70.2 Å². The fraction of sp³-hybridized carbons (Fsp3) is 0. The first-order chi connectivity index (χ1) is 5.54. The van der Waals surface area contributed by atoms with E-state index in [4.69, 9.17) is 16.7 Å². The van der Waals surface area contributed by atoms with Crippen molar-refractivity contribution in [1.29, 1.82) is 0 Å². The Balaban J connectivity index is 3.54. The van der Waals surface area contributed by atoms with E-state index in [9.17, 15) is 14.0 Å². The van der Waals surface area contributed by atoms with Gasteiger partial charge in [0.25, 0.3) is 5.56 Å². The monoisotopic (exact) mass is 191 g/mol. The second-order valence-corrected chi connectivity index (χ2v) is 2.37. The standard InChI is InChI=1S/C6H3ClFNO3/c7-2-1-9-5(10)3(4(2)8)6(11)12/h1H,(H,9,10)(H,11,12). The predicted octanol–water partition coefficient (Wildman–Crippen LogP) is 0.866. The number of carbonyl (C=O) groups is 1. The fourth-order valence-corrected chi connectivity index (χ4v) is 0.824. The third-order valence-corrected chi connectivity index (χ3v) is 1.48. The van der Waals surface area contributed by atoms with E-state index in [0.29, 0.717) is 0 Å². The second-order valence-electron chi connectivity index (χ2n) is 1.96. The van der Waals surface area contributed by atoms with Crippen molar-refractivity contribution in [3.8, 4) is 0 Å². The van der Waals surface area contributed by atoms with E-state index in [-0.39, 0.29) is 0 Å². The van der Waals surface area contributed by atoms with Crippen LogP contribution >= 0.6 is 11.6 Å². The molecule has 1 aromatic rings. The molecule has 2 N–H and O–H groups in total. The first-order valence-electron chi connectivity index (χ1n) is 2.84. The molecule has 1 heterocycles. The molecule has 0 spiro atoms. The number of aromatic amines is 1. The summed E-state index contributed by atoms with van der Waals surface area (Å²) in [5.41, 5.74) is -1.98. The minimum atomic E-state index is -1.64. The lowest BCUT2D eigenvalue weighted by Crippen LogP contribution is -2.19. The molecule has 0 bridgehead atoms. The summed E-state index contributed by atoms with van der Waals surface area (Å²) >= 11 is 5.22. The third-order valence-electron chi connectivity index (χ3n) is 1.20. The minimum Gasteiger partial charge on any atom is -0.477 e. The first kappa shape index (κ1) is 8.73. The van der Waals surface area contributed by atoms with Crippen LogP contribution in [0.4, 0.5) is 4.39 Å². The fourth-order valence-electron chi connectivity index (χ4n) is 0.675. The van der Waals surface area contributed by atoms with Crippen LogP contribution in [0, 0.1) is 5.82 Å². The van der Waals surface area contributed by atoms with E-state index >= 15 is 0 Å². The van der Waals surface area contributed by atoms with Crippen LogP contribution in [0.3, 0.4) is 0 Å². The summed E-state index contributed by atoms with van der Waals surface area (Å²) in [6.45, 7) is 0. The SMILES string of the molecule is O=C(O)c1c(F)c(Cl)c[nH]c1=O. The van der Waals surface area contributed by atoms with Gasteiger partial charge in [0.05, 0.1) is 5.02 Å². The van der Waals surface area contributed by atoms with Gasteiger partial charge in [-0.1, -0.05) is 11.6 Å². The summed E-state index contributed by atoms with van der Waals surface area (Å²) in [6.07, 6.45) is 0.895. The Kier molecular flexibility index (Phi) is 2.14. The zero-order chi connectivity index (χ0) is 9.30. The van der Waals surface area contributed by atoms with Gasteiger partial charge < -0.3 is 10.1 Å². The molecule has 0 aromatic carbocycles. The molecule has 0 atom stereocenters. The Morgan fingerprint density at radius 3 is 2.67 bits per heavy atom. The van der Waals surface area contributed by atoms with Gasteiger partial charge in [-0.05, 0) is 0 Å². The highest BCUT2D eigenvalue weighted by Crippen LogP contribution is 2.12. The van der Waals surface area contributed by atoms with Crippen LogP contribution in [-0.4, -0.2) is 16.1 Å². The average Bonchev–Trinajstić information content (AvgIpc) is 1.97. The number of H-pyrrole nitrogens is 1. The van der Waals surface area contributed by atoms with E-state index in [1.165, 1.54) is 0 Å². The molecule has 0 saturated carbocycles. The Morgan fingerprint density at radius 2 is 2.25 bits per heavy atom. The van der Waals surface area contributed by atoms with Crippen molar-refractivity contribution >= 4 is 17.6 Å². The number of aromatic carboxylic acids is 1. The number of carboxylic acids is 1. The van der Waals surface area contributed by atoms with Crippen LogP contribution in [0.1, 0.15) is 10.4 Å². The van der Waals surface area contributed by atoms with Crippen LogP contribution in [0.15, 0.2) is 11.0 Å². The number of aromatic nitrogens is 1. The molecule has 4 nitrogen and oxygen atoms in total. The van der Waals surface area contributed by atoms with Crippen LogP contribution in [0.25, 0.3) is 0 Å².